The fourth-order valence-corrected chi connectivity index (χ4v) is 3.51. The summed E-state index contributed by atoms with van der Waals surface area (Å²) in [5.41, 5.74) is 2.07. The van der Waals surface area contributed by atoms with Gasteiger partial charge in [0.15, 0.2) is 0 Å². The molecule has 7 heteroatoms. The summed E-state index contributed by atoms with van der Waals surface area (Å²) in [5.74, 6) is 1.84. The van der Waals surface area contributed by atoms with Gasteiger partial charge < -0.3 is 14.4 Å². The third-order valence-electron chi connectivity index (χ3n) is 5.04. The second-order valence-electron chi connectivity index (χ2n) is 6.75. The molecule has 0 amide bonds. The van der Waals surface area contributed by atoms with Crippen LogP contribution in [0.4, 0.5) is 11.8 Å². The SMILES string of the molecule is Cc1cnc(N(C)C2CCN(c3ncnc4c3ccn4C)CC2)nc1. The van der Waals surface area contributed by atoms with Crippen LogP contribution in [0.5, 0.6) is 0 Å². The van der Waals surface area contributed by atoms with Gasteiger partial charge in [0.05, 0.1) is 5.39 Å². The molecule has 3 aromatic rings. The molecule has 3 aromatic heterocycles. The summed E-state index contributed by atoms with van der Waals surface area (Å²) < 4.78 is 2.04. The number of hydrogen-bond donors (Lipinski definition) is 0. The number of piperidine rings is 1. The third-order valence-corrected chi connectivity index (χ3v) is 5.04. The van der Waals surface area contributed by atoms with Crippen LogP contribution in [0.3, 0.4) is 0 Å². The molecular formula is C18H23N7. The lowest BCUT2D eigenvalue weighted by Gasteiger charge is -2.37. The molecule has 0 radical (unpaired) electrons. The van der Waals surface area contributed by atoms with Crippen molar-refractivity contribution in [1.29, 1.82) is 0 Å². The number of nitrogens with zero attached hydrogens (tertiary/aromatic N) is 7. The van der Waals surface area contributed by atoms with Crippen LogP contribution in [0, 0.1) is 6.92 Å². The number of fused-ring (bicyclic) bond motifs is 1. The van der Waals surface area contributed by atoms with Crippen molar-refractivity contribution in [3.63, 3.8) is 0 Å². The molecule has 130 valence electrons. The van der Waals surface area contributed by atoms with Crippen LogP contribution in [0.1, 0.15) is 18.4 Å². The minimum absolute atomic E-state index is 0.451. The third kappa shape index (κ3) is 2.90. The maximum absolute atomic E-state index is 4.54. The lowest BCUT2D eigenvalue weighted by molar-refractivity contribution is 0.476. The van der Waals surface area contributed by atoms with E-state index in [0.29, 0.717) is 6.04 Å². The summed E-state index contributed by atoms with van der Waals surface area (Å²) in [6.07, 6.45) is 9.58. The molecule has 0 saturated carbocycles. The molecule has 4 heterocycles. The molecule has 1 aliphatic heterocycles. The van der Waals surface area contributed by atoms with E-state index < -0.39 is 0 Å². The molecule has 4 rings (SSSR count). The van der Waals surface area contributed by atoms with Gasteiger partial charge in [-0.15, -0.1) is 0 Å². The first-order valence-electron chi connectivity index (χ1n) is 8.66. The van der Waals surface area contributed by atoms with Crippen molar-refractivity contribution in [3.05, 3.63) is 36.5 Å². The van der Waals surface area contributed by atoms with Gasteiger partial charge in [0.1, 0.15) is 17.8 Å². The number of aromatic nitrogens is 5. The molecule has 0 spiro atoms. The van der Waals surface area contributed by atoms with Crippen molar-refractivity contribution in [2.45, 2.75) is 25.8 Å². The molecule has 0 aliphatic carbocycles. The van der Waals surface area contributed by atoms with Crippen LogP contribution in [-0.4, -0.2) is 50.7 Å². The minimum atomic E-state index is 0.451. The summed E-state index contributed by atoms with van der Waals surface area (Å²) in [7, 11) is 4.10. The van der Waals surface area contributed by atoms with Crippen molar-refractivity contribution in [1.82, 2.24) is 24.5 Å². The number of rotatable bonds is 3. The Bertz CT molecular complexity index is 863. The summed E-state index contributed by atoms with van der Waals surface area (Å²) in [4.78, 5) is 22.4. The Balaban J connectivity index is 1.48. The van der Waals surface area contributed by atoms with E-state index in [4.69, 9.17) is 0 Å². The van der Waals surface area contributed by atoms with Crippen LogP contribution < -0.4 is 9.80 Å². The average Bonchev–Trinajstić information content (AvgIpc) is 3.03. The van der Waals surface area contributed by atoms with Crippen LogP contribution in [0.25, 0.3) is 11.0 Å². The van der Waals surface area contributed by atoms with E-state index in [1.54, 1.807) is 6.33 Å². The van der Waals surface area contributed by atoms with Crippen LogP contribution in [0.2, 0.25) is 0 Å². The Labute approximate surface area is 147 Å². The molecule has 0 aromatic carbocycles. The molecule has 0 bridgehead atoms. The van der Waals surface area contributed by atoms with Crippen molar-refractivity contribution >= 4 is 22.8 Å². The minimum Gasteiger partial charge on any atom is -0.356 e. The first-order chi connectivity index (χ1) is 12.1. The van der Waals surface area contributed by atoms with Gasteiger partial charge in [-0.3, -0.25) is 0 Å². The quantitative estimate of drug-likeness (QED) is 0.730. The Morgan fingerprint density at radius 3 is 2.52 bits per heavy atom. The molecule has 0 N–H and O–H groups in total. The Morgan fingerprint density at radius 2 is 1.80 bits per heavy atom. The average molecular weight is 337 g/mol. The second-order valence-corrected chi connectivity index (χ2v) is 6.75. The highest BCUT2D eigenvalue weighted by atomic mass is 15.3. The van der Waals surface area contributed by atoms with Gasteiger partial charge in [0.2, 0.25) is 5.95 Å². The van der Waals surface area contributed by atoms with Crippen molar-refractivity contribution < 1.29 is 0 Å². The van der Waals surface area contributed by atoms with Crippen molar-refractivity contribution in [2.75, 3.05) is 29.9 Å². The molecular weight excluding hydrogens is 314 g/mol. The molecule has 1 fully saturated rings. The van der Waals surface area contributed by atoms with Crippen LogP contribution >= 0.6 is 0 Å². The van der Waals surface area contributed by atoms with Crippen molar-refractivity contribution in [2.24, 2.45) is 7.05 Å². The van der Waals surface area contributed by atoms with Gasteiger partial charge in [0.25, 0.3) is 0 Å². The fraction of sp³-hybridized carbons (Fsp3) is 0.444. The summed E-state index contributed by atoms with van der Waals surface area (Å²) in [5, 5.41) is 1.12. The van der Waals surface area contributed by atoms with Gasteiger partial charge in [-0.2, -0.15) is 0 Å². The first kappa shape index (κ1) is 15.8. The largest absolute Gasteiger partial charge is 0.356 e. The molecule has 7 nitrogen and oxygen atoms in total. The highest BCUT2D eigenvalue weighted by Crippen LogP contribution is 2.27. The normalized spacial score (nSPS) is 15.7. The highest BCUT2D eigenvalue weighted by Gasteiger charge is 2.25. The Morgan fingerprint density at radius 1 is 1.08 bits per heavy atom. The van der Waals surface area contributed by atoms with Gasteiger partial charge in [-0.05, 0) is 31.4 Å². The molecule has 0 unspecified atom stereocenters. The van der Waals surface area contributed by atoms with Crippen molar-refractivity contribution in [3.8, 4) is 0 Å². The molecule has 1 aliphatic rings. The van der Waals surface area contributed by atoms with Crippen LogP contribution in [-0.2, 0) is 7.05 Å². The zero-order chi connectivity index (χ0) is 17.4. The predicted molar refractivity (Wildman–Crippen MR) is 98.9 cm³/mol. The van der Waals surface area contributed by atoms with E-state index in [2.05, 4.69) is 42.8 Å². The molecule has 25 heavy (non-hydrogen) atoms. The van der Waals surface area contributed by atoms with Gasteiger partial charge in [0, 0.05) is 51.8 Å². The summed E-state index contributed by atoms with van der Waals surface area (Å²) in [6, 6.07) is 2.55. The zero-order valence-electron chi connectivity index (χ0n) is 14.9. The van der Waals surface area contributed by atoms with Crippen LogP contribution in [0.15, 0.2) is 31.0 Å². The monoisotopic (exact) mass is 337 g/mol. The Hall–Kier alpha value is -2.70. The fourth-order valence-electron chi connectivity index (χ4n) is 3.51. The maximum atomic E-state index is 4.54. The predicted octanol–water partition coefficient (Wildman–Crippen LogP) is 2.17. The van der Waals surface area contributed by atoms with Gasteiger partial charge in [-0.1, -0.05) is 0 Å². The number of aryl methyl sites for hydroxylation is 2. The number of hydrogen-bond acceptors (Lipinski definition) is 6. The first-order valence-corrected chi connectivity index (χ1v) is 8.66. The van der Waals surface area contributed by atoms with E-state index in [9.17, 15) is 0 Å². The zero-order valence-corrected chi connectivity index (χ0v) is 14.9. The smallest absolute Gasteiger partial charge is 0.225 e. The lowest BCUT2D eigenvalue weighted by atomic mass is 10.0. The number of anilines is 2. The van der Waals surface area contributed by atoms with E-state index in [0.717, 1.165) is 54.3 Å². The molecule has 1 saturated heterocycles. The van der Waals surface area contributed by atoms with E-state index in [1.807, 2.05) is 37.1 Å². The summed E-state index contributed by atoms with van der Waals surface area (Å²) >= 11 is 0. The highest BCUT2D eigenvalue weighted by molar-refractivity contribution is 5.87. The standard InChI is InChI=1S/C18H23N7/c1-13-10-19-18(20-11-13)24(3)14-4-8-25(9-5-14)17-15-6-7-23(2)16(15)21-12-22-17/h6-7,10-12,14H,4-5,8-9H2,1-3H3. The summed E-state index contributed by atoms with van der Waals surface area (Å²) in [6.45, 7) is 3.96. The van der Waals surface area contributed by atoms with E-state index in [-0.39, 0.29) is 0 Å². The van der Waals surface area contributed by atoms with E-state index in [1.165, 1.54) is 0 Å². The van der Waals surface area contributed by atoms with Gasteiger partial charge in [-0.25, -0.2) is 19.9 Å². The maximum Gasteiger partial charge on any atom is 0.225 e. The van der Waals surface area contributed by atoms with Gasteiger partial charge >= 0.3 is 0 Å². The van der Waals surface area contributed by atoms with E-state index >= 15 is 0 Å². The Kier molecular flexibility index (Phi) is 3.99. The lowest BCUT2D eigenvalue weighted by Crippen LogP contribution is -2.44. The topological polar surface area (TPSA) is 63.0 Å². The molecule has 0 atom stereocenters. The second kappa shape index (κ2) is 6.31.